The van der Waals surface area contributed by atoms with Crippen LogP contribution in [0, 0.1) is 18.3 Å². The van der Waals surface area contributed by atoms with Gasteiger partial charge in [-0.2, -0.15) is 5.26 Å². The van der Waals surface area contributed by atoms with E-state index in [1.165, 1.54) is 13.0 Å². The van der Waals surface area contributed by atoms with E-state index < -0.39 is 18.1 Å². The van der Waals surface area contributed by atoms with Gasteiger partial charge in [-0.1, -0.05) is 0 Å². The van der Waals surface area contributed by atoms with Gasteiger partial charge in [-0.25, -0.2) is 4.79 Å². The Labute approximate surface area is 93.8 Å². The van der Waals surface area contributed by atoms with Gasteiger partial charge >= 0.3 is 12.3 Å². The maximum absolute atomic E-state index is 12.0. The Morgan fingerprint density at radius 1 is 1.47 bits per heavy atom. The van der Waals surface area contributed by atoms with Crippen molar-refractivity contribution in [3.8, 4) is 11.8 Å². The molecule has 0 atom stereocenters. The van der Waals surface area contributed by atoms with E-state index >= 15 is 0 Å². The molecule has 0 radical (unpaired) electrons. The van der Waals surface area contributed by atoms with Crippen LogP contribution in [0.4, 0.5) is 13.2 Å². The number of ether oxygens (including phenoxy) is 1. The van der Waals surface area contributed by atoms with Crippen LogP contribution in [-0.2, 0) is 0 Å². The Balaban J connectivity index is 3.35. The number of aryl methyl sites for hydroxylation is 1. The van der Waals surface area contributed by atoms with E-state index in [1.54, 1.807) is 0 Å². The first kappa shape index (κ1) is 12.8. The summed E-state index contributed by atoms with van der Waals surface area (Å²) in [6.07, 6.45) is -4.98. The zero-order valence-electron chi connectivity index (χ0n) is 8.50. The molecule has 0 amide bonds. The molecular formula is C10H6F3NO3. The summed E-state index contributed by atoms with van der Waals surface area (Å²) in [7, 11) is 0. The highest BCUT2D eigenvalue weighted by Gasteiger charge is 2.33. The average Bonchev–Trinajstić information content (AvgIpc) is 2.14. The molecule has 1 aromatic carbocycles. The van der Waals surface area contributed by atoms with Gasteiger partial charge in [0.15, 0.2) is 0 Å². The number of nitrogens with zero attached hydrogens (tertiary/aromatic N) is 1. The molecule has 0 aliphatic heterocycles. The Kier molecular flexibility index (Phi) is 3.27. The van der Waals surface area contributed by atoms with E-state index in [9.17, 15) is 18.0 Å². The third-order valence-electron chi connectivity index (χ3n) is 1.88. The molecule has 0 aliphatic carbocycles. The SMILES string of the molecule is Cc1cc(C(=O)O)cc(OC(F)(F)F)c1C#N. The first-order chi connectivity index (χ1) is 7.74. The zero-order valence-corrected chi connectivity index (χ0v) is 8.50. The summed E-state index contributed by atoms with van der Waals surface area (Å²) >= 11 is 0. The maximum atomic E-state index is 12.0. The van der Waals surface area contributed by atoms with Gasteiger partial charge in [0.2, 0.25) is 0 Å². The highest BCUT2D eigenvalue weighted by molar-refractivity contribution is 5.88. The maximum Gasteiger partial charge on any atom is 0.573 e. The normalized spacial score (nSPS) is 10.8. The summed E-state index contributed by atoms with van der Waals surface area (Å²) in [4.78, 5) is 10.7. The number of carbonyl (C=O) groups is 1. The largest absolute Gasteiger partial charge is 0.573 e. The van der Waals surface area contributed by atoms with Crippen LogP contribution in [0.3, 0.4) is 0 Å². The Morgan fingerprint density at radius 3 is 2.47 bits per heavy atom. The molecular weight excluding hydrogens is 239 g/mol. The van der Waals surface area contributed by atoms with Crippen LogP contribution in [-0.4, -0.2) is 17.4 Å². The Bertz CT molecular complexity index is 503. The minimum atomic E-state index is -4.98. The van der Waals surface area contributed by atoms with Crippen LogP contribution in [0.2, 0.25) is 0 Å². The van der Waals surface area contributed by atoms with Gasteiger partial charge in [0, 0.05) is 0 Å². The first-order valence-corrected chi connectivity index (χ1v) is 4.28. The minimum Gasteiger partial charge on any atom is -0.478 e. The number of halogens is 3. The summed E-state index contributed by atoms with van der Waals surface area (Å²) < 4.78 is 39.7. The molecule has 0 unspecified atom stereocenters. The molecule has 0 saturated heterocycles. The van der Waals surface area contributed by atoms with Crippen molar-refractivity contribution >= 4 is 5.97 Å². The summed E-state index contributed by atoms with van der Waals surface area (Å²) in [5.74, 6) is -2.21. The van der Waals surface area contributed by atoms with Crippen molar-refractivity contribution in [3.05, 3.63) is 28.8 Å². The van der Waals surface area contributed by atoms with Gasteiger partial charge in [-0.3, -0.25) is 0 Å². The summed E-state index contributed by atoms with van der Waals surface area (Å²) in [6.45, 7) is 1.33. The number of alkyl halides is 3. The van der Waals surface area contributed by atoms with Crippen molar-refractivity contribution in [2.75, 3.05) is 0 Å². The lowest BCUT2D eigenvalue weighted by Gasteiger charge is -2.12. The fourth-order valence-corrected chi connectivity index (χ4v) is 1.23. The van der Waals surface area contributed by atoms with Gasteiger partial charge in [-0.15, -0.1) is 13.2 Å². The number of carboxylic acids is 1. The number of hydrogen-bond donors (Lipinski definition) is 1. The predicted molar refractivity (Wildman–Crippen MR) is 49.5 cm³/mol. The molecule has 0 fully saturated rings. The molecule has 0 bridgehead atoms. The second kappa shape index (κ2) is 4.33. The quantitative estimate of drug-likeness (QED) is 0.868. The molecule has 7 heteroatoms. The summed E-state index contributed by atoms with van der Waals surface area (Å²) in [6, 6.07) is 3.30. The molecule has 1 N–H and O–H groups in total. The third-order valence-corrected chi connectivity index (χ3v) is 1.88. The number of nitriles is 1. The van der Waals surface area contributed by atoms with Crippen molar-refractivity contribution in [2.45, 2.75) is 13.3 Å². The standard InChI is InChI=1S/C10H6F3NO3/c1-5-2-6(9(15)16)3-8(7(5)4-14)17-10(11,12)13/h2-3H,1H3,(H,15,16). The van der Waals surface area contributed by atoms with Gasteiger partial charge < -0.3 is 9.84 Å². The molecule has 0 heterocycles. The van der Waals surface area contributed by atoms with Crippen molar-refractivity contribution in [3.63, 3.8) is 0 Å². The van der Waals surface area contributed by atoms with Crippen LogP contribution >= 0.6 is 0 Å². The van der Waals surface area contributed by atoms with Gasteiger partial charge in [-0.05, 0) is 24.6 Å². The fourth-order valence-electron chi connectivity index (χ4n) is 1.23. The predicted octanol–water partition coefficient (Wildman–Crippen LogP) is 2.46. The minimum absolute atomic E-state index is 0.103. The van der Waals surface area contributed by atoms with Crippen LogP contribution in [0.1, 0.15) is 21.5 Å². The highest BCUT2D eigenvalue weighted by atomic mass is 19.4. The molecule has 90 valence electrons. The van der Waals surface area contributed by atoms with E-state index in [0.29, 0.717) is 6.07 Å². The lowest BCUT2D eigenvalue weighted by Crippen LogP contribution is -2.18. The monoisotopic (exact) mass is 245 g/mol. The number of hydrogen-bond acceptors (Lipinski definition) is 3. The van der Waals surface area contributed by atoms with Crippen LogP contribution in [0.5, 0.6) is 5.75 Å². The molecule has 0 aromatic heterocycles. The molecule has 4 nitrogen and oxygen atoms in total. The lowest BCUT2D eigenvalue weighted by atomic mass is 10.0. The lowest BCUT2D eigenvalue weighted by molar-refractivity contribution is -0.274. The van der Waals surface area contributed by atoms with Crippen molar-refractivity contribution < 1.29 is 27.8 Å². The zero-order chi connectivity index (χ0) is 13.2. The number of benzene rings is 1. The van der Waals surface area contributed by atoms with Crippen molar-refractivity contribution in [1.82, 2.24) is 0 Å². The third kappa shape index (κ3) is 3.11. The van der Waals surface area contributed by atoms with Gasteiger partial charge in [0.05, 0.1) is 11.1 Å². The summed E-state index contributed by atoms with van der Waals surface area (Å²) in [5.41, 5.74) is -0.611. The Morgan fingerprint density at radius 2 is 2.06 bits per heavy atom. The van der Waals surface area contributed by atoms with E-state index in [1.807, 2.05) is 0 Å². The number of rotatable bonds is 2. The molecule has 0 aliphatic rings. The Hall–Kier alpha value is -2.23. The number of aromatic carboxylic acids is 1. The molecule has 1 aromatic rings. The van der Waals surface area contributed by atoms with E-state index in [2.05, 4.69) is 4.74 Å². The number of carboxylic acid groups (broad SMARTS) is 1. The summed E-state index contributed by atoms with van der Waals surface area (Å²) in [5, 5.41) is 17.4. The highest BCUT2D eigenvalue weighted by Crippen LogP contribution is 2.29. The molecule has 17 heavy (non-hydrogen) atoms. The average molecular weight is 245 g/mol. The van der Waals surface area contributed by atoms with Crippen molar-refractivity contribution in [2.24, 2.45) is 0 Å². The topological polar surface area (TPSA) is 70.3 Å². The van der Waals surface area contributed by atoms with Crippen LogP contribution in [0.15, 0.2) is 12.1 Å². The molecule has 0 spiro atoms. The van der Waals surface area contributed by atoms with Gasteiger partial charge in [0.25, 0.3) is 0 Å². The van der Waals surface area contributed by atoms with E-state index in [0.717, 1.165) is 6.07 Å². The molecule has 1 rings (SSSR count). The molecule has 0 saturated carbocycles. The van der Waals surface area contributed by atoms with Crippen LogP contribution < -0.4 is 4.74 Å². The van der Waals surface area contributed by atoms with Gasteiger partial charge in [0.1, 0.15) is 11.8 Å². The van der Waals surface area contributed by atoms with E-state index in [-0.39, 0.29) is 16.7 Å². The van der Waals surface area contributed by atoms with Crippen molar-refractivity contribution in [1.29, 1.82) is 5.26 Å². The smallest absolute Gasteiger partial charge is 0.478 e. The second-order valence-electron chi connectivity index (χ2n) is 3.13. The second-order valence-corrected chi connectivity index (χ2v) is 3.13. The fraction of sp³-hybridized carbons (Fsp3) is 0.200. The first-order valence-electron chi connectivity index (χ1n) is 4.28. The van der Waals surface area contributed by atoms with E-state index in [4.69, 9.17) is 10.4 Å². The van der Waals surface area contributed by atoms with Crippen LogP contribution in [0.25, 0.3) is 0 Å².